The summed E-state index contributed by atoms with van der Waals surface area (Å²) >= 11 is 1.72. The Bertz CT molecular complexity index is 1130. The predicted molar refractivity (Wildman–Crippen MR) is 132 cm³/mol. The summed E-state index contributed by atoms with van der Waals surface area (Å²) in [5.74, 6) is 0.517. The van der Waals surface area contributed by atoms with E-state index in [0.29, 0.717) is 25.3 Å². The Kier molecular flexibility index (Phi) is 7.25. The number of nitrogens with zero attached hydrogens (tertiary/aromatic N) is 2. The van der Waals surface area contributed by atoms with Gasteiger partial charge in [-0.05, 0) is 54.6 Å². The van der Waals surface area contributed by atoms with Gasteiger partial charge in [0.25, 0.3) is 5.91 Å². The number of fused-ring (bicyclic) bond motifs is 1. The molecular formula is C27H28N2O3S. The number of aryl methyl sites for hydroxylation is 1. The fourth-order valence-electron chi connectivity index (χ4n) is 4.16. The molecule has 0 saturated heterocycles. The van der Waals surface area contributed by atoms with Crippen LogP contribution < -0.4 is 4.74 Å². The van der Waals surface area contributed by atoms with Gasteiger partial charge in [0.2, 0.25) is 5.91 Å². The molecular weight excluding hydrogens is 432 g/mol. The van der Waals surface area contributed by atoms with Crippen molar-refractivity contribution in [2.45, 2.75) is 19.4 Å². The lowest BCUT2D eigenvalue weighted by Gasteiger charge is -2.37. The summed E-state index contributed by atoms with van der Waals surface area (Å²) in [6, 6.07) is 19.0. The first kappa shape index (κ1) is 22.8. The largest absolute Gasteiger partial charge is 0.491 e. The first-order valence-corrected chi connectivity index (χ1v) is 11.9. The van der Waals surface area contributed by atoms with E-state index in [1.165, 1.54) is 4.88 Å². The summed E-state index contributed by atoms with van der Waals surface area (Å²) in [5.41, 5.74) is 2.72. The molecule has 0 fully saturated rings. The monoisotopic (exact) mass is 460 g/mol. The second-order valence-corrected chi connectivity index (χ2v) is 9.12. The number of ether oxygens (including phenoxy) is 1. The van der Waals surface area contributed by atoms with Crippen molar-refractivity contribution in [1.29, 1.82) is 0 Å². The summed E-state index contributed by atoms with van der Waals surface area (Å²) in [6.07, 6.45) is 2.47. The lowest BCUT2D eigenvalue weighted by Crippen LogP contribution is -2.47. The van der Waals surface area contributed by atoms with Gasteiger partial charge in [-0.15, -0.1) is 17.9 Å². The summed E-state index contributed by atoms with van der Waals surface area (Å²) in [6.45, 7) is 7.01. The van der Waals surface area contributed by atoms with Crippen molar-refractivity contribution >= 4 is 23.2 Å². The van der Waals surface area contributed by atoms with Crippen molar-refractivity contribution in [1.82, 2.24) is 9.80 Å². The average molecular weight is 461 g/mol. The van der Waals surface area contributed by atoms with E-state index in [2.05, 4.69) is 18.0 Å². The van der Waals surface area contributed by atoms with Crippen LogP contribution in [-0.4, -0.2) is 47.9 Å². The van der Waals surface area contributed by atoms with E-state index < -0.39 is 0 Å². The van der Waals surface area contributed by atoms with Gasteiger partial charge in [0.15, 0.2) is 0 Å². The average Bonchev–Trinajstić information content (AvgIpc) is 3.31. The van der Waals surface area contributed by atoms with Gasteiger partial charge in [0, 0.05) is 23.5 Å². The highest BCUT2D eigenvalue weighted by Gasteiger charge is 2.33. The maximum Gasteiger partial charge on any atom is 0.254 e. The van der Waals surface area contributed by atoms with E-state index in [0.717, 1.165) is 23.3 Å². The molecule has 2 heterocycles. The molecule has 0 saturated carbocycles. The molecule has 0 bridgehead atoms. The number of benzene rings is 2. The molecule has 6 heteroatoms. The number of para-hydroxylation sites is 1. The quantitative estimate of drug-likeness (QED) is 0.450. The molecule has 170 valence electrons. The Morgan fingerprint density at radius 1 is 1.18 bits per heavy atom. The van der Waals surface area contributed by atoms with Crippen LogP contribution in [0.3, 0.4) is 0 Å². The van der Waals surface area contributed by atoms with Crippen molar-refractivity contribution in [3.63, 3.8) is 0 Å². The van der Waals surface area contributed by atoms with E-state index in [9.17, 15) is 9.59 Å². The van der Waals surface area contributed by atoms with Gasteiger partial charge in [0.1, 0.15) is 18.9 Å². The predicted octanol–water partition coefficient (Wildman–Crippen LogP) is 4.89. The van der Waals surface area contributed by atoms with Crippen LogP contribution in [0.1, 0.15) is 32.4 Å². The Hall–Kier alpha value is -3.38. The molecule has 2 amide bonds. The van der Waals surface area contributed by atoms with Crippen LogP contribution in [-0.2, 0) is 11.2 Å². The number of rotatable bonds is 8. The molecule has 0 N–H and O–H groups in total. The third-order valence-corrected chi connectivity index (χ3v) is 6.79. The number of carbonyl (C=O) groups excluding carboxylic acids is 2. The molecule has 4 rings (SSSR count). The maximum atomic E-state index is 13.5. The maximum absolute atomic E-state index is 13.5. The minimum Gasteiger partial charge on any atom is -0.491 e. The molecule has 5 nitrogen and oxygen atoms in total. The van der Waals surface area contributed by atoms with Crippen LogP contribution >= 0.6 is 11.3 Å². The number of carbonyl (C=O) groups is 2. The van der Waals surface area contributed by atoms with Crippen LogP contribution in [0.5, 0.6) is 5.75 Å². The zero-order valence-corrected chi connectivity index (χ0v) is 19.6. The lowest BCUT2D eigenvalue weighted by atomic mass is 10.0. The van der Waals surface area contributed by atoms with Gasteiger partial charge >= 0.3 is 0 Å². The van der Waals surface area contributed by atoms with Crippen molar-refractivity contribution in [3.8, 4) is 5.75 Å². The second-order valence-electron chi connectivity index (χ2n) is 8.12. The zero-order chi connectivity index (χ0) is 23.2. The fourth-order valence-corrected chi connectivity index (χ4v) is 5.08. The summed E-state index contributed by atoms with van der Waals surface area (Å²) in [5, 5.41) is 2.07. The molecule has 1 atom stereocenters. The smallest absolute Gasteiger partial charge is 0.254 e. The van der Waals surface area contributed by atoms with Crippen molar-refractivity contribution in [2.24, 2.45) is 0 Å². The number of hydrogen-bond donors (Lipinski definition) is 0. The van der Waals surface area contributed by atoms with Gasteiger partial charge in [-0.25, -0.2) is 0 Å². The molecule has 0 radical (unpaired) electrons. The Morgan fingerprint density at radius 2 is 2.00 bits per heavy atom. The number of amides is 2. The van der Waals surface area contributed by atoms with Crippen molar-refractivity contribution < 1.29 is 14.3 Å². The van der Waals surface area contributed by atoms with Gasteiger partial charge in [0.05, 0.1) is 6.04 Å². The van der Waals surface area contributed by atoms with Crippen LogP contribution in [0.2, 0.25) is 0 Å². The molecule has 3 aromatic rings. The van der Waals surface area contributed by atoms with Gasteiger partial charge in [-0.2, -0.15) is 0 Å². The molecule has 0 unspecified atom stereocenters. The molecule has 0 aliphatic carbocycles. The molecule has 1 aliphatic rings. The van der Waals surface area contributed by atoms with E-state index >= 15 is 0 Å². The van der Waals surface area contributed by atoms with Crippen molar-refractivity contribution in [3.05, 3.63) is 100 Å². The summed E-state index contributed by atoms with van der Waals surface area (Å²) in [4.78, 5) is 31.3. The van der Waals surface area contributed by atoms with Gasteiger partial charge in [-0.1, -0.05) is 42.0 Å². The van der Waals surface area contributed by atoms with Gasteiger partial charge in [-0.3, -0.25) is 9.59 Å². The van der Waals surface area contributed by atoms with E-state index in [4.69, 9.17) is 4.74 Å². The minimum atomic E-state index is -0.188. The fraction of sp³-hybridized carbons (Fsp3) is 0.259. The molecule has 1 aromatic heterocycles. The lowest BCUT2D eigenvalue weighted by molar-refractivity contribution is -0.135. The van der Waals surface area contributed by atoms with Crippen LogP contribution in [0.4, 0.5) is 0 Å². The molecule has 33 heavy (non-hydrogen) atoms. The highest BCUT2D eigenvalue weighted by molar-refractivity contribution is 7.10. The minimum absolute atomic E-state index is 0.000102. The Morgan fingerprint density at radius 3 is 2.76 bits per heavy atom. The van der Waals surface area contributed by atoms with Crippen LogP contribution in [0.25, 0.3) is 0 Å². The van der Waals surface area contributed by atoms with Crippen LogP contribution in [0, 0.1) is 6.92 Å². The standard InChI is InChI=1S/C27H28N2O3S/c1-3-14-28(27(31)21-9-7-8-20(2)17-21)18-26(30)29-15-12-25-23(13-16-33-25)24(29)19-32-22-10-5-4-6-11-22/h3-11,13,16-17,24H,1,12,14-15,18-19H2,2H3/t24-/m1/s1. The third-order valence-electron chi connectivity index (χ3n) is 5.79. The molecule has 0 spiro atoms. The molecule has 2 aromatic carbocycles. The topological polar surface area (TPSA) is 49.9 Å². The Balaban J connectivity index is 1.52. The van der Waals surface area contributed by atoms with Crippen molar-refractivity contribution in [2.75, 3.05) is 26.2 Å². The zero-order valence-electron chi connectivity index (χ0n) is 18.8. The highest BCUT2D eigenvalue weighted by Crippen LogP contribution is 2.34. The molecule has 1 aliphatic heterocycles. The summed E-state index contributed by atoms with van der Waals surface area (Å²) in [7, 11) is 0. The Labute approximate surface area is 198 Å². The van der Waals surface area contributed by atoms with E-state index in [-0.39, 0.29) is 24.4 Å². The van der Waals surface area contributed by atoms with Gasteiger partial charge < -0.3 is 14.5 Å². The SMILES string of the molecule is C=CCN(CC(=O)N1CCc2sccc2[C@H]1COc1ccccc1)C(=O)c1cccc(C)c1. The normalized spacial score (nSPS) is 14.9. The number of thiophene rings is 1. The first-order valence-electron chi connectivity index (χ1n) is 11.1. The number of hydrogen-bond acceptors (Lipinski definition) is 4. The third kappa shape index (κ3) is 5.34. The second kappa shape index (κ2) is 10.5. The highest BCUT2D eigenvalue weighted by atomic mass is 32.1. The van der Waals surface area contributed by atoms with Crippen LogP contribution in [0.15, 0.2) is 78.7 Å². The summed E-state index contributed by atoms with van der Waals surface area (Å²) < 4.78 is 6.05. The van der Waals surface area contributed by atoms with E-state index in [1.807, 2.05) is 60.4 Å². The van der Waals surface area contributed by atoms with E-state index in [1.54, 1.807) is 28.4 Å². The first-order chi connectivity index (χ1) is 16.1.